The highest BCUT2D eigenvalue weighted by atomic mass is 127. The van der Waals surface area contributed by atoms with E-state index in [1.807, 2.05) is 44.2 Å². The van der Waals surface area contributed by atoms with Crippen LogP contribution in [0.4, 0.5) is 0 Å². The molecule has 2 heterocycles. The van der Waals surface area contributed by atoms with Crippen molar-refractivity contribution in [3.8, 4) is 11.5 Å². The van der Waals surface area contributed by atoms with Crippen molar-refractivity contribution in [2.75, 3.05) is 13.2 Å². The van der Waals surface area contributed by atoms with Crippen LogP contribution in [-0.2, 0) is 14.3 Å². The van der Waals surface area contributed by atoms with E-state index in [-0.39, 0.29) is 12.2 Å². The first-order valence-corrected chi connectivity index (χ1v) is 16.0. The summed E-state index contributed by atoms with van der Waals surface area (Å²) in [5.41, 5.74) is 3.47. The topological polar surface area (TPSA) is 96.2 Å². The van der Waals surface area contributed by atoms with E-state index in [0.29, 0.717) is 60.2 Å². The van der Waals surface area contributed by atoms with Crippen LogP contribution < -0.4 is 24.4 Å². The number of fused-ring (bicyclic) bond motifs is 1. The minimum absolute atomic E-state index is 0.218. The van der Waals surface area contributed by atoms with E-state index in [1.54, 1.807) is 23.6 Å². The molecule has 1 aliphatic rings. The SMILES string of the molecule is CCCC1=C(C(=O)OCC)[C@H](c2ccc(C(C)C)cc2)n2c(s/c(=C\c3cc(I)c(OC(C)=O)c(OCC)c3)c2=O)=N1. The monoisotopic (exact) mass is 702 g/mol. The van der Waals surface area contributed by atoms with Crippen molar-refractivity contribution in [1.29, 1.82) is 0 Å². The second kappa shape index (κ2) is 13.8. The van der Waals surface area contributed by atoms with Gasteiger partial charge in [-0.1, -0.05) is 62.8 Å². The number of halogens is 1. The predicted octanol–water partition coefficient (Wildman–Crippen LogP) is 5.63. The lowest BCUT2D eigenvalue weighted by Crippen LogP contribution is -2.40. The number of nitrogens with zero attached hydrogens (tertiary/aromatic N) is 2. The third-order valence-electron chi connectivity index (χ3n) is 6.69. The Bertz CT molecular complexity index is 1700. The van der Waals surface area contributed by atoms with E-state index in [0.717, 1.165) is 12.0 Å². The summed E-state index contributed by atoms with van der Waals surface area (Å²) >= 11 is 3.36. The third-order valence-corrected chi connectivity index (χ3v) is 8.47. The number of thiazole rings is 1. The lowest BCUT2D eigenvalue weighted by atomic mass is 9.92. The van der Waals surface area contributed by atoms with Gasteiger partial charge in [0.2, 0.25) is 0 Å². The van der Waals surface area contributed by atoms with Gasteiger partial charge in [-0.2, -0.15) is 0 Å². The van der Waals surface area contributed by atoms with Crippen LogP contribution in [0.25, 0.3) is 6.08 Å². The van der Waals surface area contributed by atoms with Gasteiger partial charge in [0.05, 0.1) is 38.6 Å². The molecule has 4 rings (SSSR count). The van der Waals surface area contributed by atoms with E-state index in [2.05, 4.69) is 36.4 Å². The van der Waals surface area contributed by atoms with Crippen LogP contribution in [0.3, 0.4) is 0 Å². The molecule has 0 aliphatic carbocycles. The largest absolute Gasteiger partial charge is 0.490 e. The fourth-order valence-corrected chi connectivity index (χ4v) is 6.58. The Morgan fingerprint density at radius 3 is 2.43 bits per heavy atom. The Hall–Kier alpha value is -3.25. The zero-order valence-electron chi connectivity index (χ0n) is 24.7. The molecule has 0 spiro atoms. The Balaban J connectivity index is 1.95. The minimum atomic E-state index is -0.671. The minimum Gasteiger partial charge on any atom is -0.490 e. The van der Waals surface area contributed by atoms with Gasteiger partial charge in [0.1, 0.15) is 0 Å². The normalized spacial score (nSPS) is 15.0. The van der Waals surface area contributed by atoms with Crippen LogP contribution in [0.1, 0.15) is 83.0 Å². The van der Waals surface area contributed by atoms with Crippen molar-refractivity contribution in [3.05, 3.63) is 87.6 Å². The fraction of sp³-hybridized carbons (Fsp3) is 0.375. The number of ether oxygens (including phenoxy) is 3. The van der Waals surface area contributed by atoms with Crippen LogP contribution in [0.2, 0.25) is 0 Å². The first-order valence-electron chi connectivity index (χ1n) is 14.1. The summed E-state index contributed by atoms with van der Waals surface area (Å²) in [5, 5.41) is 0. The van der Waals surface area contributed by atoms with Crippen molar-refractivity contribution in [2.24, 2.45) is 4.99 Å². The molecule has 2 aromatic carbocycles. The van der Waals surface area contributed by atoms with Crippen LogP contribution >= 0.6 is 33.9 Å². The van der Waals surface area contributed by atoms with Crippen LogP contribution in [0, 0.1) is 3.57 Å². The van der Waals surface area contributed by atoms with Crippen molar-refractivity contribution >= 4 is 51.9 Å². The average Bonchev–Trinajstić information content (AvgIpc) is 3.24. The zero-order chi connectivity index (χ0) is 30.6. The summed E-state index contributed by atoms with van der Waals surface area (Å²) in [6.07, 6.45) is 3.13. The van der Waals surface area contributed by atoms with Crippen molar-refractivity contribution < 1.29 is 23.8 Å². The van der Waals surface area contributed by atoms with Crippen LogP contribution in [0.5, 0.6) is 11.5 Å². The summed E-state index contributed by atoms with van der Waals surface area (Å²) in [5.74, 6) is 0.187. The zero-order valence-corrected chi connectivity index (χ0v) is 27.6. The maximum Gasteiger partial charge on any atom is 0.338 e. The number of esters is 2. The summed E-state index contributed by atoms with van der Waals surface area (Å²) in [4.78, 5) is 44.5. The molecule has 10 heteroatoms. The molecule has 1 atom stereocenters. The van der Waals surface area contributed by atoms with Crippen molar-refractivity contribution in [3.63, 3.8) is 0 Å². The fourth-order valence-electron chi connectivity index (χ4n) is 4.83. The maximum atomic E-state index is 14.1. The number of benzene rings is 2. The quantitative estimate of drug-likeness (QED) is 0.155. The molecule has 1 aromatic heterocycles. The molecule has 0 saturated carbocycles. The van der Waals surface area contributed by atoms with E-state index >= 15 is 0 Å². The molecule has 1 aliphatic heterocycles. The Labute approximate surface area is 262 Å². The highest BCUT2D eigenvalue weighted by Gasteiger charge is 2.34. The molecule has 8 nitrogen and oxygen atoms in total. The lowest BCUT2D eigenvalue weighted by molar-refractivity contribution is -0.139. The van der Waals surface area contributed by atoms with Crippen molar-refractivity contribution in [1.82, 2.24) is 4.57 Å². The highest BCUT2D eigenvalue weighted by molar-refractivity contribution is 14.1. The van der Waals surface area contributed by atoms with Crippen molar-refractivity contribution in [2.45, 2.75) is 66.3 Å². The van der Waals surface area contributed by atoms with Gasteiger partial charge in [-0.25, -0.2) is 9.79 Å². The Morgan fingerprint density at radius 2 is 1.83 bits per heavy atom. The van der Waals surface area contributed by atoms with Gasteiger partial charge in [-0.3, -0.25) is 14.2 Å². The summed E-state index contributed by atoms with van der Waals surface area (Å²) in [7, 11) is 0. The highest BCUT2D eigenvalue weighted by Crippen LogP contribution is 2.35. The summed E-state index contributed by atoms with van der Waals surface area (Å²) in [6, 6.07) is 11.0. The molecule has 42 heavy (non-hydrogen) atoms. The van der Waals surface area contributed by atoms with Gasteiger partial charge < -0.3 is 14.2 Å². The molecule has 0 bridgehead atoms. The molecule has 222 valence electrons. The number of aromatic nitrogens is 1. The van der Waals surface area contributed by atoms with Gasteiger partial charge in [0, 0.05) is 6.92 Å². The van der Waals surface area contributed by atoms with Gasteiger partial charge in [-0.05, 0) is 83.7 Å². The van der Waals surface area contributed by atoms with Crippen LogP contribution in [-0.4, -0.2) is 29.7 Å². The number of rotatable bonds is 10. The second-order valence-electron chi connectivity index (χ2n) is 10.1. The van der Waals surface area contributed by atoms with Gasteiger partial charge >= 0.3 is 11.9 Å². The number of carbonyl (C=O) groups excluding carboxylic acids is 2. The first-order chi connectivity index (χ1) is 20.1. The summed E-state index contributed by atoms with van der Waals surface area (Å²) in [6.45, 7) is 11.8. The van der Waals surface area contributed by atoms with Crippen LogP contribution in [0.15, 0.2) is 57.5 Å². The smallest absolute Gasteiger partial charge is 0.338 e. The molecule has 0 unspecified atom stereocenters. The predicted molar refractivity (Wildman–Crippen MR) is 172 cm³/mol. The number of allylic oxidation sites excluding steroid dienone is 1. The molecule has 3 aromatic rings. The molecule has 0 radical (unpaired) electrons. The molecule has 0 fully saturated rings. The number of hydrogen-bond donors (Lipinski definition) is 0. The Morgan fingerprint density at radius 1 is 1.12 bits per heavy atom. The van der Waals surface area contributed by atoms with E-state index in [1.165, 1.54) is 23.8 Å². The molecule has 0 amide bonds. The van der Waals surface area contributed by atoms with E-state index in [9.17, 15) is 14.4 Å². The Kier molecular flexibility index (Phi) is 10.4. The van der Waals surface area contributed by atoms with E-state index < -0.39 is 18.0 Å². The standard InChI is InChI=1S/C32H35IN2O6S/c1-7-10-24-27(31(38)40-9-3)28(22-13-11-21(12-14-22)18(4)5)35-30(37)26(42-32(35)34-24)17-20-15-23(33)29(41-19(6)36)25(16-20)39-8-2/h11-18,28H,7-10H2,1-6H3/b26-17-/t28-/m0/s1. The van der Waals surface area contributed by atoms with Gasteiger partial charge in [-0.15, -0.1) is 0 Å². The first kappa shape index (κ1) is 31.7. The average molecular weight is 703 g/mol. The molecular formula is C32H35IN2O6S. The number of carbonyl (C=O) groups is 2. The van der Waals surface area contributed by atoms with E-state index in [4.69, 9.17) is 19.2 Å². The maximum absolute atomic E-state index is 14.1. The summed E-state index contributed by atoms with van der Waals surface area (Å²) < 4.78 is 19.4. The molecule has 0 saturated heterocycles. The molecular weight excluding hydrogens is 667 g/mol. The van der Waals surface area contributed by atoms with Gasteiger partial charge in [0.25, 0.3) is 5.56 Å². The second-order valence-corrected chi connectivity index (χ2v) is 12.3. The molecule has 0 N–H and O–H groups in total. The third kappa shape index (κ3) is 6.70. The number of hydrogen-bond acceptors (Lipinski definition) is 8. The lowest BCUT2D eigenvalue weighted by Gasteiger charge is -2.26. The van der Waals surface area contributed by atoms with Gasteiger partial charge in [0.15, 0.2) is 16.3 Å².